The van der Waals surface area contributed by atoms with Crippen molar-refractivity contribution in [3.63, 3.8) is 0 Å². The molecule has 1 aromatic heterocycles. The van der Waals surface area contributed by atoms with Gasteiger partial charge in [0, 0.05) is 5.56 Å². The molecule has 0 fully saturated rings. The number of anilines is 1. The topological polar surface area (TPSA) is 52.0 Å². The van der Waals surface area contributed by atoms with E-state index in [0.717, 1.165) is 16.7 Å². The lowest BCUT2D eigenvalue weighted by Crippen LogP contribution is -1.91. The van der Waals surface area contributed by atoms with Crippen LogP contribution in [0.3, 0.4) is 0 Å². The Balaban J connectivity index is 2.19. The Labute approximate surface area is 122 Å². The molecule has 2 aromatic carbocycles. The Bertz CT molecular complexity index is 791. The maximum atomic E-state index is 14.2. The van der Waals surface area contributed by atoms with Crippen molar-refractivity contribution >= 4 is 5.88 Å². The highest BCUT2D eigenvalue weighted by Gasteiger charge is 2.19. The molecule has 0 amide bonds. The quantitative estimate of drug-likeness (QED) is 0.760. The summed E-state index contributed by atoms with van der Waals surface area (Å²) in [5, 5.41) is 3.94. The molecule has 0 saturated heterocycles. The number of aromatic nitrogens is 1. The maximum absolute atomic E-state index is 14.2. The van der Waals surface area contributed by atoms with Crippen molar-refractivity contribution in [1.82, 2.24) is 5.16 Å². The summed E-state index contributed by atoms with van der Waals surface area (Å²) in [6.45, 7) is 3.84. The number of nitrogen functional groups attached to an aromatic ring is 1. The number of hydrogen-bond acceptors (Lipinski definition) is 3. The van der Waals surface area contributed by atoms with E-state index < -0.39 is 0 Å². The minimum absolute atomic E-state index is 0.189. The molecule has 0 spiro atoms. The molecule has 106 valence electrons. The van der Waals surface area contributed by atoms with Gasteiger partial charge in [-0.2, -0.15) is 0 Å². The predicted molar refractivity (Wildman–Crippen MR) is 81.2 cm³/mol. The highest BCUT2D eigenvalue weighted by atomic mass is 19.1. The minimum Gasteiger partial charge on any atom is -0.367 e. The highest BCUT2D eigenvalue weighted by Crippen LogP contribution is 2.37. The van der Waals surface area contributed by atoms with Gasteiger partial charge >= 0.3 is 0 Å². The molecule has 1 heterocycles. The van der Waals surface area contributed by atoms with Crippen LogP contribution in [0.25, 0.3) is 22.4 Å². The van der Waals surface area contributed by atoms with Crippen LogP contribution >= 0.6 is 0 Å². The Kier molecular flexibility index (Phi) is 3.22. The van der Waals surface area contributed by atoms with E-state index >= 15 is 0 Å². The molecular formula is C17H15FN2O. The van der Waals surface area contributed by atoms with Crippen LogP contribution < -0.4 is 5.73 Å². The van der Waals surface area contributed by atoms with E-state index in [1.165, 1.54) is 6.07 Å². The van der Waals surface area contributed by atoms with E-state index in [-0.39, 0.29) is 11.7 Å². The molecule has 21 heavy (non-hydrogen) atoms. The third kappa shape index (κ3) is 2.40. The van der Waals surface area contributed by atoms with Crippen LogP contribution in [-0.2, 0) is 0 Å². The maximum Gasteiger partial charge on any atom is 0.230 e. The number of nitrogens with two attached hydrogens (primary N) is 1. The molecule has 3 nitrogen and oxygen atoms in total. The lowest BCUT2D eigenvalue weighted by Gasteiger charge is -2.05. The van der Waals surface area contributed by atoms with Gasteiger partial charge in [0.05, 0.1) is 5.56 Å². The molecule has 4 heteroatoms. The number of halogens is 1. The van der Waals surface area contributed by atoms with Gasteiger partial charge < -0.3 is 10.3 Å². The van der Waals surface area contributed by atoms with Gasteiger partial charge in [-0.25, -0.2) is 4.39 Å². The average molecular weight is 282 g/mol. The Hall–Kier alpha value is -2.62. The molecule has 0 radical (unpaired) electrons. The molecule has 3 aromatic rings. The van der Waals surface area contributed by atoms with Crippen molar-refractivity contribution in [3.8, 4) is 22.4 Å². The summed E-state index contributed by atoms with van der Waals surface area (Å²) in [6.07, 6.45) is 0. The average Bonchev–Trinajstić information content (AvgIpc) is 2.82. The van der Waals surface area contributed by atoms with Gasteiger partial charge in [0.25, 0.3) is 0 Å². The van der Waals surface area contributed by atoms with Crippen molar-refractivity contribution in [2.75, 3.05) is 5.73 Å². The normalized spacial score (nSPS) is 10.8. The van der Waals surface area contributed by atoms with Crippen LogP contribution in [0.2, 0.25) is 0 Å². The van der Waals surface area contributed by atoms with E-state index in [2.05, 4.69) is 5.16 Å². The molecule has 3 rings (SSSR count). The highest BCUT2D eigenvalue weighted by molar-refractivity contribution is 5.87. The van der Waals surface area contributed by atoms with Crippen LogP contribution in [0.4, 0.5) is 10.3 Å². The zero-order valence-corrected chi connectivity index (χ0v) is 11.9. The van der Waals surface area contributed by atoms with Gasteiger partial charge in [-0.3, -0.25) is 0 Å². The van der Waals surface area contributed by atoms with Crippen molar-refractivity contribution in [2.45, 2.75) is 13.8 Å². The van der Waals surface area contributed by atoms with Crippen molar-refractivity contribution in [1.29, 1.82) is 0 Å². The van der Waals surface area contributed by atoms with Crippen LogP contribution in [-0.4, -0.2) is 5.16 Å². The molecule has 0 aliphatic rings. The standard InChI is InChI=1S/C17H15FN2O/c1-10-3-6-12(7-4-10)15-16(20-21-17(15)19)13-8-5-11(2)9-14(13)18/h3-9H,19H2,1-2H3. The number of benzene rings is 2. The fraction of sp³-hybridized carbons (Fsp3) is 0.118. The van der Waals surface area contributed by atoms with Crippen LogP contribution in [0, 0.1) is 19.7 Å². The lowest BCUT2D eigenvalue weighted by molar-refractivity contribution is 0.439. The molecule has 0 aliphatic carbocycles. The number of nitrogens with zero attached hydrogens (tertiary/aromatic N) is 1. The van der Waals surface area contributed by atoms with Gasteiger partial charge in [-0.1, -0.05) is 41.1 Å². The van der Waals surface area contributed by atoms with E-state index in [4.69, 9.17) is 10.3 Å². The molecule has 0 saturated carbocycles. The second kappa shape index (κ2) is 5.05. The summed E-state index contributed by atoms with van der Waals surface area (Å²) < 4.78 is 19.3. The van der Waals surface area contributed by atoms with E-state index in [0.29, 0.717) is 16.8 Å². The second-order valence-corrected chi connectivity index (χ2v) is 5.12. The molecule has 0 aliphatic heterocycles. The number of hydrogen-bond donors (Lipinski definition) is 1. The first-order valence-electron chi connectivity index (χ1n) is 6.65. The van der Waals surface area contributed by atoms with Crippen molar-refractivity contribution in [2.24, 2.45) is 0 Å². The van der Waals surface area contributed by atoms with Crippen LogP contribution in [0.15, 0.2) is 47.0 Å². The van der Waals surface area contributed by atoms with Crippen LogP contribution in [0.1, 0.15) is 11.1 Å². The van der Waals surface area contributed by atoms with E-state index in [9.17, 15) is 4.39 Å². The van der Waals surface area contributed by atoms with E-state index in [1.54, 1.807) is 6.07 Å². The SMILES string of the molecule is Cc1ccc(-c2c(-c3ccc(C)cc3F)noc2N)cc1. The first-order chi connectivity index (χ1) is 10.1. The fourth-order valence-electron chi connectivity index (χ4n) is 2.30. The minimum atomic E-state index is -0.336. The van der Waals surface area contributed by atoms with Crippen LogP contribution in [0.5, 0.6) is 0 Å². The Morgan fingerprint density at radius 3 is 2.33 bits per heavy atom. The zero-order valence-electron chi connectivity index (χ0n) is 11.9. The van der Waals surface area contributed by atoms with Gasteiger partial charge in [0.2, 0.25) is 5.88 Å². The summed E-state index contributed by atoms with van der Waals surface area (Å²) in [6, 6.07) is 12.8. The molecule has 2 N–H and O–H groups in total. The second-order valence-electron chi connectivity index (χ2n) is 5.12. The third-order valence-electron chi connectivity index (χ3n) is 3.44. The van der Waals surface area contributed by atoms with Crippen molar-refractivity contribution < 1.29 is 8.91 Å². The van der Waals surface area contributed by atoms with Gasteiger partial charge in [-0.15, -0.1) is 0 Å². The molecule has 0 atom stereocenters. The first kappa shape index (κ1) is 13.4. The van der Waals surface area contributed by atoms with Gasteiger partial charge in [-0.05, 0) is 37.1 Å². The summed E-state index contributed by atoms with van der Waals surface area (Å²) >= 11 is 0. The summed E-state index contributed by atoms with van der Waals surface area (Å²) in [7, 11) is 0. The monoisotopic (exact) mass is 282 g/mol. The number of aryl methyl sites for hydroxylation is 2. The number of rotatable bonds is 2. The fourth-order valence-corrected chi connectivity index (χ4v) is 2.30. The van der Waals surface area contributed by atoms with Gasteiger partial charge in [0.1, 0.15) is 11.5 Å². The van der Waals surface area contributed by atoms with E-state index in [1.807, 2.05) is 44.2 Å². The molecular weight excluding hydrogens is 267 g/mol. The summed E-state index contributed by atoms with van der Waals surface area (Å²) in [5.74, 6) is -0.148. The largest absolute Gasteiger partial charge is 0.367 e. The smallest absolute Gasteiger partial charge is 0.230 e. The summed E-state index contributed by atoms with van der Waals surface area (Å²) in [5.41, 5.74) is 10.2. The van der Waals surface area contributed by atoms with Gasteiger partial charge in [0.15, 0.2) is 0 Å². The Morgan fingerprint density at radius 2 is 1.67 bits per heavy atom. The predicted octanol–water partition coefficient (Wildman–Crippen LogP) is 4.35. The Morgan fingerprint density at radius 1 is 1.00 bits per heavy atom. The summed E-state index contributed by atoms with van der Waals surface area (Å²) in [4.78, 5) is 0. The third-order valence-corrected chi connectivity index (χ3v) is 3.44. The molecule has 0 unspecified atom stereocenters. The first-order valence-corrected chi connectivity index (χ1v) is 6.65. The zero-order chi connectivity index (χ0) is 15.0. The lowest BCUT2D eigenvalue weighted by atomic mass is 9.99. The molecule has 0 bridgehead atoms. The van der Waals surface area contributed by atoms with Crippen molar-refractivity contribution in [3.05, 3.63) is 59.4 Å².